The number of aromatic carboxylic acids is 1. The van der Waals surface area contributed by atoms with Crippen LogP contribution in [0.5, 0.6) is 0 Å². The Balaban J connectivity index is 1.82. The van der Waals surface area contributed by atoms with Gasteiger partial charge in [-0.05, 0) is 24.6 Å². The number of carbonyl (C=O) groups excluding carboxylic acids is 1. The van der Waals surface area contributed by atoms with E-state index in [2.05, 4.69) is 4.98 Å². The molecule has 1 aliphatic rings. The van der Waals surface area contributed by atoms with E-state index in [1.165, 1.54) is 18.2 Å². The predicted molar refractivity (Wildman–Crippen MR) is 86.8 cm³/mol. The highest BCUT2D eigenvalue weighted by molar-refractivity contribution is 5.94. The van der Waals surface area contributed by atoms with Crippen LogP contribution >= 0.6 is 0 Å². The number of hydrogen-bond donors (Lipinski definition) is 1. The van der Waals surface area contributed by atoms with E-state index in [9.17, 15) is 9.59 Å². The van der Waals surface area contributed by atoms with Crippen molar-refractivity contribution in [3.05, 3.63) is 65.5 Å². The van der Waals surface area contributed by atoms with Crippen LogP contribution in [-0.2, 0) is 4.74 Å². The Morgan fingerprint density at radius 3 is 2.54 bits per heavy atom. The van der Waals surface area contributed by atoms with Crippen molar-refractivity contribution in [2.75, 3.05) is 13.2 Å². The lowest BCUT2D eigenvalue weighted by Gasteiger charge is -2.38. The Labute approximate surface area is 139 Å². The summed E-state index contributed by atoms with van der Waals surface area (Å²) < 4.78 is 5.85. The fourth-order valence-corrected chi connectivity index (χ4v) is 2.73. The number of morpholine rings is 1. The molecule has 1 saturated heterocycles. The maximum atomic E-state index is 12.8. The molecule has 6 heteroatoms. The minimum Gasteiger partial charge on any atom is -0.477 e. The number of aromatic nitrogens is 1. The highest BCUT2D eigenvalue weighted by Gasteiger charge is 2.31. The average molecular weight is 326 g/mol. The number of pyridine rings is 1. The number of carbonyl (C=O) groups is 2. The summed E-state index contributed by atoms with van der Waals surface area (Å²) in [5, 5.41) is 9.04. The first-order valence-electron chi connectivity index (χ1n) is 7.74. The molecule has 1 fully saturated rings. The summed E-state index contributed by atoms with van der Waals surface area (Å²) >= 11 is 0. The minimum absolute atomic E-state index is 0.104. The van der Waals surface area contributed by atoms with Gasteiger partial charge in [0, 0.05) is 0 Å². The third kappa shape index (κ3) is 3.28. The number of benzene rings is 1. The number of carboxylic acid groups (broad SMARTS) is 1. The first-order valence-corrected chi connectivity index (χ1v) is 7.74. The SMILES string of the molecule is CC1COC(c2ccccc2)CN1C(=O)c1cccc(C(=O)O)n1. The lowest BCUT2D eigenvalue weighted by molar-refractivity contribution is -0.0488. The second kappa shape index (κ2) is 6.80. The average Bonchev–Trinajstić information content (AvgIpc) is 2.62. The van der Waals surface area contributed by atoms with Crippen LogP contribution in [0, 0.1) is 0 Å². The van der Waals surface area contributed by atoms with E-state index in [0.717, 1.165) is 5.56 Å². The van der Waals surface area contributed by atoms with E-state index in [1.54, 1.807) is 4.90 Å². The smallest absolute Gasteiger partial charge is 0.354 e. The van der Waals surface area contributed by atoms with E-state index in [1.807, 2.05) is 37.3 Å². The van der Waals surface area contributed by atoms with Gasteiger partial charge >= 0.3 is 5.97 Å². The van der Waals surface area contributed by atoms with Crippen LogP contribution in [0.2, 0.25) is 0 Å². The molecule has 6 nitrogen and oxygen atoms in total. The highest BCUT2D eigenvalue weighted by atomic mass is 16.5. The van der Waals surface area contributed by atoms with Gasteiger partial charge in [0.15, 0.2) is 0 Å². The van der Waals surface area contributed by atoms with Gasteiger partial charge in [-0.25, -0.2) is 9.78 Å². The summed E-state index contributed by atoms with van der Waals surface area (Å²) in [5.74, 6) is -1.43. The molecule has 124 valence electrons. The summed E-state index contributed by atoms with van der Waals surface area (Å²) in [7, 11) is 0. The van der Waals surface area contributed by atoms with Crippen LogP contribution in [0.3, 0.4) is 0 Å². The van der Waals surface area contributed by atoms with Gasteiger partial charge in [0.05, 0.1) is 19.2 Å². The predicted octanol–water partition coefficient (Wildman–Crippen LogP) is 2.38. The Kier molecular flexibility index (Phi) is 4.57. The van der Waals surface area contributed by atoms with Gasteiger partial charge in [-0.2, -0.15) is 0 Å². The third-order valence-electron chi connectivity index (χ3n) is 4.05. The zero-order valence-corrected chi connectivity index (χ0v) is 13.3. The third-order valence-corrected chi connectivity index (χ3v) is 4.05. The largest absolute Gasteiger partial charge is 0.477 e. The van der Waals surface area contributed by atoms with E-state index in [4.69, 9.17) is 9.84 Å². The number of rotatable bonds is 3. The molecule has 2 aromatic rings. The molecule has 0 saturated carbocycles. The van der Waals surface area contributed by atoms with Crippen molar-refractivity contribution in [2.45, 2.75) is 19.1 Å². The number of ether oxygens (including phenoxy) is 1. The van der Waals surface area contributed by atoms with Gasteiger partial charge in [-0.1, -0.05) is 36.4 Å². The van der Waals surface area contributed by atoms with Crippen molar-refractivity contribution >= 4 is 11.9 Å². The van der Waals surface area contributed by atoms with Crippen molar-refractivity contribution in [1.82, 2.24) is 9.88 Å². The van der Waals surface area contributed by atoms with Crippen molar-refractivity contribution in [3.8, 4) is 0 Å². The molecule has 24 heavy (non-hydrogen) atoms. The normalized spacial score (nSPS) is 20.6. The first-order chi connectivity index (χ1) is 11.6. The van der Waals surface area contributed by atoms with Gasteiger partial charge in [0.1, 0.15) is 17.5 Å². The summed E-state index contributed by atoms with van der Waals surface area (Å²) in [6.45, 7) is 2.73. The molecule has 3 rings (SSSR count). The summed E-state index contributed by atoms with van der Waals surface area (Å²) in [5.41, 5.74) is 1.01. The summed E-state index contributed by atoms with van der Waals surface area (Å²) in [6, 6.07) is 14.1. The standard InChI is InChI=1S/C18H18N2O4/c1-12-11-24-16(13-6-3-2-4-7-13)10-20(12)17(21)14-8-5-9-15(19-14)18(22)23/h2-9,12,16H,10-11H2,1H3,(H,22,23). The Morgan fingerprint density at radius 1 is 1.12 bits per heavy atom. The van der Waals surface area contributed by atoms with Gasteiger partial charge in [-0.15, -0.1) is 0 Å². The summed E-state index contributed by atoms with van der Waals surface area (Å²) in [4.78, 5) is 29.5. The molecule has 0 spiro atoms. The lowest BCUT2D eigenvalue weighted by Crippen LogP contribution is -2.48. The van der Waals surface area contributed by atoms with Crippen LogP contribution in [0.15, 0.2) is 48.5 Å². The molecule has 1 amide bonds. The maximum Gasteiger partial charge on any atom is 0.354 e. The van der Waals surface area contributed by atoms with E-state index < -0.39 is 5.97 Å². The van der Waals surface area contributed by atoms with Gasteiger partial charge in [0.25, 0.3) is 5.91 Å². The van der Waals surface area contributed by atoms with Gasteiger partial charge in [0.2, 0.25) is 0 Å². The maximum absolute atomic E-state index is 12.8. The highest BCUT2D eigenvalue weighted by Crippen LogP contribution is 2.25. The fraction of sp³-hybridized carbons (Fsp3) is 0.278. The molecule has 0 radical (unpaired) electrons. The number of hydrogen-bond acceptors (Lipinski definition) is 4. The molecule has 2 atom stereocenters. The van der Waals surface area contributed by atoms with Crippen molar-refractivity contribution in [2.24, 2.45) is 0 Å². The number of nitrogens with zero attached hydrogens (tertiary/aromatic N) is 2. The number of amides is 1. The fourth-order valence-electron chi connectivity index (χ4n) is 2.73. The molecular weight excluding hydrogens is 308 g/mol. The van der Waals surface area contributed by atoms with Crippen LogP contribution < -0.4 is 0 Å². The zero-order valence-electron chi connectivity index (χ0n) is 13.3. The van der Waals surface area contributed by atoms with E-state index in [0.29, 0.717) is 13.2 Å². The van der Waals surface area contributed by atoms with Crippen LogP contribution in [0.1, 0.15) is 39.6 Å². The van der Waals surface area contributed by atoms with Crippen molar-refractivity contribution < 1.29 is 19.4 Å². The molecule has 2 unspecified atom stereocenters. The zero-order chi connectivity index (χ0) is 17.1. The van der Waals surface area contributed by atoms with Crippen LogP contribution in [-0.4, -0.2) is 46.1 Å². The van der Waals surface area contributed by atoms with Crippen LogP contribution in [0.25, 0.3) is 0 Å². The molecule has 1 N–H and O–H groups in total. The van der Waals surface area contributed by atoms with Gasteiger partial charge < -0.3 is 14.7 Å². The minimum atomic E-state index is -1.15. The molecule has 1 aliphatic heterocycles. The topological polar surface area (TPSA) is 79.7 Å². The quantitative estimate of drug-likeness (QED) is 0.937. The molecule has 0 bridgehead atoms. The second-order valence-corrected chi connectivity index (χ2v) is 5.75. The molecule has 1 aromatic heterocycles. The molecule has 0 aliphatic carbocycles. The monoisotopic (exact) mass is 326 g/mol. The van der Waals surface area contributed by atoms with Gasteiger partial charge in [-0.3, -0.25) is 4.79 Å². The van der Waals surface area contributed by atoms with E-state index >= 15 is 0 Å². The van der Waals surface area contributed by atoms with Crippen LogP contribution in [0.4, 0.5) is 0 Å². The van der Waals surface area contributed by atoms with Crippen molar-refractivity contribution in [1.29, 1.82) is 0 Å². The Morgan fingerprint density at radius 2 is 1.83 bits per heavy atom. The van der Waals surface area contributed by atoms with E-state index in [-0.39, 0.29) is 29.4 Å². The second-order valence-electron chi connectivity index (χ2n) is 5.75. The Bertz CT molecular complexity index is 748. The summed E-state index contributed by atoms with van der Waals surface area (Å²) in [6.07, 6.45) is -0.200. The van der Waals surface area contributed by atoms with Crippen molar-refractivity contribution in [3.63, 3.8) is 0 Å². The molecule has 2 heterocycles. The molecular formula is C18H18N2O4. The molecule has 1 aromatic carbocycles. The first kappa shape index (κ1) is 16.1. The Hall–Kier alpha value is -2.73. The lowest BCUT2D eigenvalue weighted by atomic mass is 10.1. The number of carboxylic acids is 1.